The molecule has 0 aromatic heterocycles. The van der Waals surface area contributed by atoms with Crippen LogP contribution >= 0.6 is 0 Å². The highest BCUT2D eigenvalue weighted by molar-refractivity contribution is 5.89. The van der Waals surface area contributed by atoms with Gasteiger partial charge in [-0.15, -0.1) is 0 Å². The molecule has 2 aliphatic heterocycles. The topological polar surface area (TPSA) is 103 Å². The summed E-state index contributed by atoms with van der Waals surface area (Å²) in [6.07, 6.45) is 13.0. The summed E-state index contributed by atoms with van der Waals surface area (Å²) >= 11 is 0. The number of ether oxygens (including phenoxy) is 4. The van der Waals surface area contributed by atoms with E-state index in [0.29, 0.717) is 28.6 Å². The molecule has 2 aliphatic carbocycles. The molecule has 4 aliphatic rings. The number of likely N-dealkylation sites (tertiary alicyclic amines) is 1. The van der Waals surface area contributed by atoms with E-state index in [2.05, 4.69) is 99.0 Å². The van der Waals surface area contributed by atoms with Gasteiger partial charge in [-0.2, -0.15) is 0 Å². The van der Waals surface area contributed by atoms with Crippen molar-refractivity contribution >= 4 is 39.8 Å². The molecule has 8 rings (SSSR count). The van der Waals surface area contributed by atoms with Crippen LogP contribution in [-0.2, 0) is 25.6 Å². The highest BCUT2D eigenvalue weighted by Crippen LogP contribution is 2.40. The Hall–Kier alpha value is -4.47. The Morgan fingerprint density at radius 3 is 1.50 bits per heavy atom. The van der Waals surface area contributed by atoms with Gasteiger partial charge in [0.2, 0.25) is 0 Å². The molecule has 0 spiro atoms. The number of carbonyl (C=O) groups is 3. The van der Waals surface area contributed by atoms with Crippen molar-refractivity contribution < 1.29 is 33.3 Å². The third-order valence-electron chi connectivity index (χ3n) is 13.6. The van der Waals surface area contributed by atoms with E-state index in [4.69, 9.17) is 14.2 Å². The predicted octanol–water partition coefficient (Wildman–Crippen LogP) is 11.4. The number of nitrogens with one attached hydrogen (secondary N) is 1. The Labute approximate surface area is 371 Å². The first kappa shape index (κ1) is 48.6. The molecule has 9 heteroatoms. The number of hydrogen-bond donors (Lipinski definition) is 1. The number of esters is 2. The molecular formula is C53H74N2O7. The second-order valence-electron chi connectivity index (χ2n) is 19.8. The molecule has 0 radical (unpaired) electrons. The molecule has 4 aromatic rings. The van der Waals surface area contributed by atoms with Crippen LogP contribution in [0.2, 0.25) is 0 Å². The first-order chi connectivity index (χ1) is 29.1. The second-order valence-corrected chi connectivity index (χ2v) is 19.8. The molecule has 62 heavy (non-hydrogen) atoms. The number of fused-ring (bicyclic) bond motifs is 2. The van der Waals surface area contributed by atoms with Crippen molar-refractivity contribution in [2.45, 2.75) is 144 Å². The summed E-state index contributed by atoms with van der Waals surface area (Å²) in [6.45, 7) is 16.8. The molecule has 2 atom stereocenters. The zero-order valence-corrected chi connectivity index (χ0v) is 38.0. The van der Waals surface area contributed by atoms with Crippen molar-refractivity contribution in [1.29, 1.82) is 0 Å². The van der Waals surface area contributed by atoms with Gasteiger partial charge >= 0.3 is 11.9 Å². The minimum atomic E-state index is -0.142. The van der Waals surface area contributed by atoms with Crippen LogP contribution in [0.5, 0.6) is 11.5 Å². The lowest BCUT2D eigenvalue weighted by Gasteiger charge is -2.38. The molecule has 0 bridgehead atoms. The molecule has 2 saturated heterocycles. The van der Waals surface area contributed by atoms with Crippen LogP contribution < -0.4 is 14.8 Å². The first-order valence-corrected chi connectivity index (χ1v) is 22.6. The Morgan fingerprint density at radius 1 is 0.629 bits per heavy atom. The van der Waals surface area contributed by atoms with E-state index >= 15 is 0 Å². The summed E-state index contributed by atoms with van der Waals surface area (Å²) < 4.78 is 21.9. The van der Waals surface area contributed by atoms with E-state index in [1.54, 1.807) is 0 Å². The van der Waals surface area contributed by atoms with Gasteiger partial charge in [0.1, 0.15) is 29.9 Å². The van der Waals surface area contributed by atoms with Crippen molar-refractivity contribution in [3.05, 3.63) is 83.9 Å². The smallest absolute Gasteiger partial charge is 0.323 e. The van der Waals surface area contributed by atoms with Gasteiger partial charge in [0, 0.05) is 18.7 Å². The summed E-state index contributed by atoms with van der Waals surface area (Å²) in [4.78, 5) is 35.3. The molecule has 0 amide bonds. The van der Waals surface area contributed by atoms with Gasteiger partial charge in [-0.1, -0.05) is 85.4 Å². The Bertz CT molecular complexity index is 2080. The predicted molar refractivity (Wildman–Crippen MR) is 251 cm³/mol. The minimum Gasteiger partial charge on any atom is -0.490 e. The molecule has 9 nitrogen and oxygen atoms in total. The molecule has 338 valence electrons. The van der Waals surface area contributed by atoms with Crippen molar-refractivity contribution in [3.8, 4) is 11.5 Å². The number of aldehydes is 1. The van der Waals surface area contributed by atoms with Crippen molar-refractivity contribution in [1.82, 2.24) is 10.2 Å². The number of hydrogen-bond acceptors (Lipinski definition) is 9. The molecule has 4 aromatic carbocycles. The summed E-state index contributed by atoms with van der Waals surface area (Å²) in [7, 11) is 2.87. The minimum absolute atomic E-state index is 0. The number of carbonyl (C=O) groups excluding carboxylic acids is 3. The zero-order chi connectivity index (χ0) is 43.7. The van der Waals surface area contributed by atoms with Crippen LogP contribution in [0.25, 0.3) is 21.5 Å². The van der Waals surface area contributed by atoms with Crippen LogP contribution in [0.15, 0.2) is 72.8 Å². The fourth-order valence-corrected chi connectivity index (χ4v) is 9.21. The molecule has 2 heterocycles. The quantitative estimate of drug-likeness (QED) is 0.130. The second kappa shape index (κ2) is 21.7. The van der Waals surface area contributed by atoms with Gasteiger partial charge in [0.05, 0.1) is 26.4 Å². The summed E-state index contributed by atoms with van der Waals surface area (Å²) in [5.41, 5.74) is 2.75. The lowest BCUT2D eigenvalue weighted by Crippen LogP contribution is -2.52. The average Bonchev–Trinajstić information content (AvgIpc) is 3.21. The highest BCUT2D eigenvalue weighted by atomic mass is 16.5. The SMILES string of the molecule is C.CC(C)(C)C1CCC(Oc2ccc3cc(C=O)ccc3c2)CC1.COC(=O)C1CCN1.COC(=O)C1CCN1Cc1ccc2cc(OC3CCC(C(C)(C)C)CC3)ccc2c1. The van der Waals surface area contributed by atoms with E-state index < -0.39 is 0 Å². The molecule has 2 saturated carbocycles. The van der Waals surface area contributed by atoms with Crippen molar-refractivity contribution in [2.75, 3.05) is 27.3 Å². The Balaban J connectivity index is 0.000000200. The Morgan fingerprint density at radius 2 is 1.10 bits per heavy atom. The number of rotatable bonds is 9. The van der Waals surface area contributed by atoms with E-state index in [-0.39, 0.29) is 31.4 Å². The van der Waals surface area contributed by atoms with Gasteiger partial charge in [-0.25, -0.2) is 0 Å². The number of benzene rings is 4. The lowest BCUT2D eigenvalue weighted by atomic mass is 9.72. The third kappa shape index (κ3) is 13.0. The van der Waals surface area contributed by atoms with Crippen LogP contribution in [0.4, 0.5) is 0 Å². The average molecular weight is 851 g/mol. The van der Waals surface area contributed by atoms with E-state index in [0.717, 1.165) is 98.6 Å². The van der Waals surface area contributed by atoms with E-state index in [1.165, 1.54) is 56.2 Å². The number of methoxy groups -OCH3 is 2. The fraction of sp³-hybridized carbons (Fsp3) is 0.566. The van der Waals surface area contributed by atoms with Crippen LogP contribution in [0.1, 0.15) is 129 Å². The van der Waals surface area contributed by atoms with Gasteiger partial charge in [-0.05, 0) is 157 Å². The van der Waals surface area contributed by atoms with Gasteiger partial charge in [0.25, 0.3) is 0 Å². The third-order valence-corrected chi connectivity index (χ3v) is 13.6. The lowest BCUT2D eigenvalue weighted by molar-refractivity contribution is -0.152. The largest absolute Gasteiger partial charge is 0.490 e. The Kier molecular flexibility index (Phi) is 17.0. The monoisotopic (exact) mass is 851 g/mol. The molecular weight excluding hydrogens is 777 g/mol. The van der Waals surface area contributed by atoms with Crippen molar-refractivity contribution in [2.24, 2.45) is 22.7 Å². The summed E-state index contributed by atoms with van der Waals surface area (Å²) in [5.74, 6) is 3.26. The van der Waals surface area contributed by atoms with Crippen molar-refractivity contribution in [3.63, 3.8) is 0 Å². The molecule has 1 N–H and O–H groups in total. The molecule has 4 fully saturated rings. The first-order valence-electron chi connectivity index (χ1n) is 22.6. The normalized spacial score (nSPS) is 23.7. The van der Waals surface area contributed by atoms with E-state index in [9.17, 15) is 14.4 Å². The van der Waals surface area contributed by atoms with Gasteiger partial charge in [-0.3, -0.25) is 19.3 Å². The fourth-order valence-electron chi connectivity index (χ4n) is 9.21. The maximum atomic E-state index is 11.8. The maximum absolute atomic E-state index is 11.8. The van der Waals surface area contributed by atoms with E-state index in [1.807, 2.05) is 30.3 Å². The number of nitrogens with zero attached hydrogens (tertiary/aromatic N) is 1. The zero-order valence-electron chi connectivity index (χ0n) is 38.0. The van der Waals surface area contributed by atoms with Gasteiger partial charge in [0.15, 0.2) is 0 Å². The maximum Gasteiger partial charge on any atom is 0.323 e. The standard InChI is InChI=1S/C26H35NO3.C21H26O2.C5H9NO2.CH4/c1-26(2,3)21-8-11-22(12-9-21)30-23-10-7-19-15-18(5-6-20(19)16-23)17-27-14-13-24(27)25(28)29-4;1-21(2,3)18-7-10-19(11-8-18)23-20-9-6-16-12-15(14-22)4-5-17(16)13-20;1-8-5(7)4-2-3-6-4;/h5-7,10,15-16,21-22,24H,8-9,11-14,17H2,1-4H3;4-6,9,12-14,18-19H,7-8,10-11H2,1-3H3;4,6H,2-3H2,1H3;1H4. The summed E-state index contributed by atoms with van der Waals surface area (Å²) in [5, 5.41) is 7.54. The van der Waals surface area contributed by atoms with Crippen LogP contribution in [-0.4, -0.2) is 74.7 Å². The highest BCUT2D eigenvalue weighted by Gasteiger charge is 2.35. The van der Waals surface area contributed by atoms with Gasteiger partial charge < -0.3 is 24.3 Å². The molecule has 2 unspecified atom stereocenters. The van der Waals surface area contributed by atoms with Crippen LogP contribution in [0, 0.1) is 22.7 Å². The van der Waals surface area contributed by atoms with Crippen LogP contribution in [0.3, 0.4) is 0 Å². The summed E-state index contributed by atoms with van der Waals surface area (Å²) in [6, 6.07) is 24.8.